The maximum Gasteiger partial charge on any atom is 0.357 e. The molecular weight excluding hydrogens is 474 g/mol. The van der Waals surface area contributed by atoms with Crippen LogP contribution in [0.15, 0.2) is 28.9 Å². The van der Waals surface area contributed by atoms with Crippen LogP contribution >= 0.6 is 15.9 Å². The second-order valence-corrected chi connectivity index (χ2v) is 9.07. The van der Waals surface area contributed by atoms with Crippen LogP contribution in [0.4, 0.5) is 17.5 Å². The van der Waals surface area contributed by atoms with Gasteiger partial charge in [-0.05, 0) is 52.9 Å². The average molecular weight is 496 g/mol. The molecule has 0 radical (unpaired) electrons. The van der Waals surface area contributed by atoms with Crippen molar-refractivity contribution in [3.63, 3.8) is 0 Å². The van der Waals surface area contributed by atoms with Gasteiger partial charge in [0.1, 0.15) is 10.4 Å². The molecule has 1 fully saturated rings. The first-order valence-corrected chi connectivity index (χ1v) is 11.8. The fourth-order valence-corrected chi connectivity index (χ4v) is 4.52. The number of nitrogens with zero attached hydrogens (tertiary/aromatic N) is 5. The summed E-state index contributed by atoms with van der Waals surface area (Å²) in [6, 6.07) is 6.70. The standard InChI is InChI=1S/C18H22BrN7O3S/c1-25-17-14(15(19)23-25)16(21-18(22-17)26-9-3-2-4-10-26)20-11-12-5-7-13(8-6-12)24-30(27,28)29/h5-8,24H,2-4,9-11H2,1H3,(H,20,21,22)(H,27,28,29). The summed E-state index contributed by atoms with van der Waals surface area (Å²) in [5, 5.41) is 8.59. The van der Waals surface area contributed by atoms with Crippen LogP contribution in [-0.2, 0) is 23.9 Å². The van der Waals surface area contributed by atoms with Crippen LogP contribution < -0.4 is 14.9 Å². The van der Waals surface area contributed by atoms with Gasteiger partial charge in [-0.15, -0.1) is 0 Å². The van der Waals surface area contributed by atoms with Crippen LogP contribution in [0, 0.1) is 0 Å². The normalized spacial score (nSPS) is 14.8. The predicted octanol–water partition coefficient (Wildman–Crippen LogP) is 2.94. The summed E-state index contributed by atoms with van der Waals surface area (Å²) in [6.45, 7) is 2.34. The molecule has 10 nitrogen and oxygen atoms in total. The van der Waals surface area contributed by atoms with Crippen molar-refractivity contribution in [3.05, 3.63) is 34.4 Å². The molecule has 0 unspecified atom stereocenters. The molecule has 3 N–H and O–H groups in total. The van der Waals surface area contributed by atoms with Gasteiger partial charge in [0.2, 0.25) is 5.95 Å². The van der Waals surface area contributed by atoms with Gasteiger partial charge in [-0.25, -0.2) is 4.68 Å². The van der Waals surface area contributed by atoms with Gasteiger partial charge in [-0.3, -0.25) is 9.27 Å². The highest BCUT2D eigenvalue weighted by Crippen LogP contribution is 2.30. The SMILES string of the molecule is Cn1nc(Br)c2c(NCc3ccc(NS(=O)(=O)O)cc3)nc(N3CCCCC3)nc21. The summed E-state index contributed by atoms with van der Waals surface area (Å²) < 4.78 is 35.1. The van der Waals surface area contributed by atoms with Crippen molar-refractivity contribution in [2.24, 2.45) is 7.05 Å². The van der Waals surface area contributed by atoms with E-state index in [-0.39, 0.29) is 5.69 Å². The van der Waals surface area contributed by atoms with E-state index in [0.29, 0.717) is 22.9 Å². The van der Waals surface area contributed by atoms with Gasteiger partial charge in [0, 0.05) is 26.7 Å². The van der Waals surface area contributed by atoms with Gasteiger partial charge >= 0.3 is 10.3 Å². The number of benzene rings is 1. The molecule has 4 rings (SSSR count). The lowest BCUT2D eigenvalue weighted by Gasteiger charge is -2.27. The Morgan fingerprint density at radius 1 is 1.13 bits per heavy atom. The highest BCUT2D eigenvalue weighted by atomic mass is 79.9. The molecule has 12 heteroatoms. The Bertz CT molecular complexity index is 1160. The van der Waals surface area contributed by atoms with Crippen molar-refractivity contribution in [1.29, 1.82) is 0 Å². The Morgan fingerprint density at radius 2 is 1.83 bits per heavy atom. The third kappa shape index (κ3) is 4.65. The number of rotatable bonds is 6. The molecule has 1 saturated heterocycles. The zero-order valence-corrected chi connectivity index (χ0v) is 18.7. The monoisotopic (exact) mass is 495 g/mol. The van der Waals surface area contributed by atoms with E-state index in [0.717, 1.165) is 42.5 Å². The van der Waals surface area contributed by atoms with E-state index in [9.17, 15) is 8.42 Å². The highest BCUT2D eigenvalue weighted by Gasteiger charge is 2.20. The average Bonchev–Trinajstić information content (AvgIpc) is 3.00. The molecule has 0 bridgehead atoms. The van der Waals surface area contributed by atoms with Gasteiger partial charge < -0.3 is 10.2 Å². The smallest absolute Gasteiger partial charge is 0.357 e. The fourth-order valence-electron chi connectivity index (χ4n) is 3.48. The predicted molar refractivity (Wildman–Crippen MR) is 119 cm³/mol. The molecule has 1 aromatic carbocycles. The Morgan fingerprint density at radius 3 is 2.50 bits per heavy atom. The maximum absolute atomic E-state index is 10.9. The topological polar surface area (TPSA) is 125 Å². The minimum Gasteiger partial charge on any atom is -0.365 e. The van der Waals surface area contributed by atoms with Crippen LogP contribution in [0.1, 0.15) is 24.8 Å². The number of hydrogen-bond acceptors (Lipinski definition) is 7. The molecule has 0 saturated carbocycles. The van der Waals surface area contributed by atoms with Crippen molar-refractivity contribution >= 4 is 54.7 Å². The summed E-state index contributed by atoms with van der Waals surface area (Å²) in [4.78, 5) is 11.7. The van der Waals surface area contributed by atoms with Gasteiger partial charge in [0.15, 0.2) is 5.65 Å². The van der Waals surface area contributed by atoms with Crippen molar-refractivity contribution in [2.75, 3.05) is 28.0 Å². The van der Waals surface area contributed by atoms with Crippen LogP contribution in [0.5, 0.6) is 0 Å². The number of anilines is 3. The quantitative estimate of drug-likeness (QED) is 0.445. The summed E-state index contributed by atoms with van der Waals surface area (Å²) in [7, 11) is -2.44. The Labute approximate surface area is 182 Å². The summed E-state index contributed by atoms with van der Waals surface area (Å²) in [5.74, 6) is 1.37. The van der Waals surface area contributed by atoms with Gasteiger partial charge in [-0.2, -0.15) is 23.5 Å². The molecule has 2 aromatic heterocycles. The molecule has 3 heterocycles. The van der Waals surface area contributed by atoms with Gasteiger partial charge in [0.25, 0.3) is 0 Å². The maximum atomic E-state index is 10.9. The number of aromatic nitrogens is 4. The fraction of sp³-hybridized carbons (Fsp3) is 0.389. The number of fused-ring (bicyclic) bond motifs is 1. The van der Waals surface area contributed by atoms with Crippen molar-refractivity contribution in [1.82, 2.24) is 19.7 Å². The van der Waals surface area contributed by atoms with Crippen LogP contribution in [-0.4, -0.2) is 45.8 Å². The van der Waals surface area contributed by atoms with E-state index in [1.807, 2.05) is 11.8 Å². The van der Waals surface area contributed by atoms with Crippen LogP contribution in [0.25, 0.3) is 11.0 Å². The number of hydrogen-bond donors (Lipinski definition) is 3. The summed E-state index contributed by atoms with van der Waals surface area (Å²) in [5.41, 5.74) is 1.95. The third-order valence-corrected chi connectivity index (χ3v) is 5.98. The van der Waals surface area contributed by atoms with E-state index >= 15 is 0 Å². The molecule has 1 aliphatic rings. The summed E-state index contributed by atoms with van der Waals surface area (Å²) >= 11 is 3.50. The number of piperidine rings is 1. The largest absolute Gasteiger partial charge is 0.365 e. The van der Waals surface area contributed by atoms with Gasteiger partial charge in [-0.1, -0.05) is 12.1 Å². The lowest BCUT2D eigenvalue weighted by atomic mass is 10.1. The lowest BCUT2D eigenvalue weighted by molar-refractivity contribution is 0.489. The lowest BCUT2D eigenvalue weighted by Crippen LogP contribution is -2.31. The Hall–Kier alpha value is -2.44. The highest BCUT2D eigenvalue weighted by molar-refractivity contribution is 9.10. The van der Waals surface area contributed by atoms with E-state index in [1.54, 1.807) is 28.9 Å². The second-order valence-electron chi connectivity index (χ2n) is 7.16. The second kappa shape index (κ2) is 8.36. The van der Waals surface area contributed by atoms with Crippen LogP contribution in [0.3, 0.4) is 0 Å². The first-order valence-electron chi connectivity index (χ1n) is 9.53. The number of halogens is 1. The molecular formula is C18H22BrN7O3S. The third-order valence-electron chi connectivity index (χ3n) is 4.93. The molecule has 1 aliphatic heterocycles. The first kappa shape index (κ1) is 20.8. The summed E-state index contributed by atoms with van der Waals surface area (Å²) in [6.07, 6.45) is 3.48. The first-order chi connectivity index (χ1) is 14.3. The van der Waals surface area contributed by atoms with Crippen molar-refractivity contribution < 1.29 is 13.0 Å². The molecule has 3 aromatic rings. The number of nitrogens with one attached hydrogen (secondary N) is 2. The van der Waals surface area contributed by atoms with E-state index < -0.39 is 10.3 Å². The minimum absolute atomic E-state index is 0.285. The Balaban J connectivity index is 1.59. The van der Waals surface area contributed by atoms with E-state index in [2.05, 4.69) is 31.2 Å². The minimum atomic E-state index is -4.29. The van der Waals surface area contributed by atoms with E-state index in [4.69, 9.17) is 14.5 Å². The van der Waals surface area contributed by atoms with Crippen LogP contribution in [0.2, 0.25) is 0 Å². The number of aryl methyl sites for hydroxylation is 1. The molecule has 0 amide bonds. The van der Waals surface area contributed by atoms with Gasteiger partial charge in [0.05, 0.1) is 11.1 Å². The zero-order chi connectivity index (χ0) is 21.3. The van der Waals surface area contributed by atoms with Crippen molar-refractivity contribution in [2.45, 2.75) is 25.8 Å². The van der Waals surface area contributed by atoms with Crippen molar-refractivity contribution in [3.8, 4) is 0 Å². The Kier molecular flexibility index (Phi) is 5.80. The molecule has 30 heavy (non-hydrogen) atoms. The molecule has 0 aliphatic carbocycles. The molecule has 0 atom stereocenters. The van der Waals surface area contributed by atoms with E-state index in [1.165, 1.54) is 6.42 Å². The molecule has 160 valence electrons. The molecule has 0 spiro atoms. The zero-order valence-electron chi connectivity index (χ0n) is 16.3.